The van der Waals surface area contributed by atoms with Gasteiger partial charge in [-0.1, -0.05) is 11.6 Å². The number of halogens is 1. The van der Waals surface area contributed by atoms with Gasteiger partial charge in [0.1, 0.15) is 0 Å². The third-order valence-electron chi connectivity index (χ3n) is 2.30. The summed E-state index contributed by atoms with van der Waals surface area (Å²) in [6, 6.07) is 3.90. The number of hydrogen-bond donors (Lipinski definition) is 1. The van der Waals surface area contributed by atoms with E-state index in [1.54, 1.807) is 22.2 Å². The largest absolute Gasteiger partial charge is 0.318 e. The maximum atomic E-state index is 6.14. The van der Waals surface area contributed by atoms with Crippen LogP contribution in [0.1, 0.15) is 21.5 Å². The number of nitrogens with zero attached hydrogens (tertiary/aromatic N) is 2. The SMILES string of the molecule is Cc1ccc(C(N)c2c(Cl)cnn2C)s1. The summed E-state index contributed by atoms with van der Waals surface area (Å²) < 4.78 is 1.72. The van der Waals surface area contributed by atoms with E-state index in [0.29, 0.717) is 5.02 Å². The summed E-state index contributed by atoms with van der Waals surface area (Å²) in [4.78, 5) is 2.36. The van der Waals surface area contributed by atoms with Gasteiger partial charge in [0.2, 0.25) is 0 Å². The van der Waals surface area contributed by atoms with Crippen LogP contribution in [0.15, 0.2) is 18.3 Å². The molecular weight excluding hydrogens is 230 g/mol. The van der Waals surface area contributed by atoms with Gasteiger partial charge in [0.15, 0.2) is 0 Å². The maximum Gasteiger partial charge on any atom is 0.0837 e. The molecule has 2 N–H and O–H groups in total. The molecular formula is C10H12ClN3S. The van der Waals surface area contributed by atoms with Crippen LogP contribution < -0.4 is 5.73 Å². The van der Waals surface area contributed by atoms with Crippen LogP contribution >= 0.6 is 22.9 Å². The molecule has 15 heavy (non-hydrogen) atoms. The van der Waals surface area contributed by atoms with Gasteiger partial charge in [-0.2, -0.15) is 5.10 Å². The van der Waals surface area contributed by atoms with Gasteiger partial charge in [0.05, 0.1) is 23.0 Å². The number of rotatable bonds is 2. The van der Waals surface area contributed by atoms with E-state index in [-0.39, 0.29) is 6.04 Å². The molecule has 0 aliphatic rings. The first-order valence-electron chi connectivity index (χ1n) is 4.59. The minimum atomic E-state index is -0.191. The summed E-state index contributed by atoms with van der Waals surface area (Å²) in [6.07, 6.45) is 1.62. The summed E-state index contributed by atoms with van der Waals surface area (Å²) in [5, 5.41) is 4.70. The van der Waals surface area contributed by atoms with E-state index >= 15 is 0 Å². The Morgan fingerprint density at radius 2 is 2.27 bits per heavy atom. The average molecular weight is 242 g/mol. The van der Waals surface area contributed by atoms with Crippen LogP contribution in [-0.4, -0.2) is 9.78 Å². The first-order chi connectivity index (χ1) is 7.09. The van der Waals surface area contributed by atoms with E-state index in [1.807, 2.05) is 13.1 Å². The lowest BCUT2D eigenvalue weighted by atomic mass is 10.2. The van der Waals surface area contributed by atoms with Gasteiger partial charge < -0.3 is 5.73 Å². The lowest BCUT2D eigenvalue weighted by Crippen LogP contribution is -2.15. The molecule has 80 valence electrons. The van der Waals surface area contributed by atoms with Gasteiger partial charge >= 0.3 is 0 Å². The van der Waals surface area contributed by atoms with Gasteiger partial charge in [-0.3, -0.25) is 4.68 Å². The first-order valence-corrected chi connectivity index (χ1v) is 5.78. The van der Waals surface area contributed by atoms with Crippen LogP contribution in [0, 0.1) is 6.92 Å². The Kier molecular flexibility index (Phi) is 2.82. The van der Waals surface area contributed by atoms with E-state index in [9.17, 15) is 0 Å². The van der Waals surface area contributed by atoms with E-state index in [2.05, 4.69) is 18.1 Å². The zero-order valence-electron chi connectivity index (χ0n) is 8.57. The Balaban J connectivity index is 2.40. The highest BCUT2D eigenvalue weighted by atomic mass is 35.5. The lowest BCUT2D eigenvalue weighted by molar-refractivity contribution is 0.678. The topological polar surface area (TPSA) is 43.8 Å². The lowest BCUT2D eigenvalue weighted by Gasteiger charge is -2.10. The van der Waals surface area contributed by atoms with Gasteiger partial charge in [-0.05, 0) is 19.1 Å². The summed E-state index contributed by atoms with van der Waals surface area (Å²) in [6.45, 7) is 2.06. The van der Waals surface area contributed by atoms with Crippen molar-refractivity contribution in [2.24, 2.45) is 12.8 Å². The van der Waals surface area contributed by atoms with Crippen LogP contribution in [0.2, 0.25) is 5.02 Å². The van der Waals surface area contributed by atoms with Crippen molar-refractivity contribution in [3.8, 4) is 0 Å². The summed E-state index contributed by atoms with van der Waals surface area (Å²) in [5.41, 5.74) is 7.00. The fourth-order valence-corrected chi connectivity index (χ4v) is 2.69. The second-order valence-electron chi connectivity index (χ2n) is 3.43. The first kappa shape index (κ1) is 10.7. The Morgan fingerprint density at radius 1 is 1.53 bits per heavy atom. The van der Waals surface area contributed by atoms with Crippen LogP contribution in [-0.2, 0) is 7.05 Å². The molecule has 0 saturated carbocycles. The molecule has 0 fully saturated rings. The zero-order chi connectivity index (χ0) is 11.0. The minimum Gasteiger partial charge on any atom is -0.318 e. The van der Waals surface area contributed by atoms with E-state index in [1.165, 1.54) is 4.88 Å². The third-order valence-corrected chi connectivity index (χ3v) is 3.67. The molecule has 1 atom stereocenters. The van der Waals surface area contributed by atoms with Crippen molar-refractivity contribution in [1.82, 2.24) is 9.78 Å². The molecule has 0 radical (unpaired) electrons. The maximum absolute atomic E-state index is 6.14. The van der Waals surface area contributed by atoms with Crippen molar-refractivity contribution in [3.05, 3.63) is 38.8 Å². The molecule has 5 heteroatoms. The normalized spacial score (nSPS) is 13.1. The molecule has 0 amide bonds. The highest BCUT2D eigenvalue weighted by Gasteiger charge is 2.18. The van der Waals surface area contributed by atoms with Crippen LogP contribution in [0.3, 0.4) is 0 Å². The van der Waals surface area contributed by atoms with Crippen LogP contribution in [0.25, 0.3) is 0 Å². The van der Waals surface area contributed by atoms with Crippen molar-refractivity contribution in [1.29, 1.82) is 0 Å². The molecule has 0 saturated heterocycles. The minimum absolute atomic E-state index is 0.191. The summed E-state index contributed by atoms with van der Waals surface area (Å²) in [5.74, 6) is 0. The number of nitrogens with two attached hydrogens (primary N) is 1. The molecule has 2 aromatic heterocycles. The fraction of sp³-hybridized carbons (Fsp3) is 0.300. The molecule has 0 aliphatic carbocycles. The number of aryl methyl sites for hydroxylation is 2. The molecule has 1 unspecified atom stereocenters. The Labute approximate surface area is 97.5 Å². The monoisotopic (exact) mass is 241 g/mol. The molecule has 0 bridgehead atoms. The van der Waals surface area contributed by atoms with Gasteiger partial charge in [0, 0.05) is 16.8 Å². The molecule has 0 spiro atoms. The van der Waals surface area contributed by atoms with Crippen molar-refractivity contribution >= 4 is 22.9 Å². The third kappa shape index (κ3) is 1.93. The molecule has 0 aliphatic heterocycles. The van der Waals surface area contributed by atoms with Crippen LogP contribution in [0.5, 0.6) is 0 Å². The van der Waals surface area contributed by atoms with Gasteiger partial charge in [0.25, 0.3) is 0 Å². The van der Waals surface area contributed by atoms with Crippen molar-refractivity contribution < 1.29 is 0 Å². The number of aromatic nitrogens is 2. The number of hydrogen-bond acceptors (Lipinski definition) is 3. The highest BCUT2D eigenvalue weighted by molar-refractivity contribution is 7.12. The predicted molar refractivity (Wildman–Crippen MR) is 63.3 cm³/mol. The van der Waals surface area contributed by atoms with E-state index in [0.717, 1.165) is 10.6 Å². The average Bonchev–Trinajstić information content (AvgIpc) is 2.73. The highest BCUT2D eigenvalue weighted by Crippen LogP contribution is 2.29. The second kappa shape index (κ2) is 3.96. The zero-order valence-corrected chi connectivity index (χ0v) is 10.1. The predicted octanol–water partition coefficient (Wildman–Crippen LogP) is 2.49. The van der Waals surface area contributed by atoms with Crippen molar-refractivity contribution in [3.63, 3.8) is 0 Å². The Bertz CT molecular complexity index is 455. The Morgan fingerprint density at radius 3 is 2.73 bits per heavy atom. The van der Waals surface area contributed by atoms with Crippen molar-refractivity contribution in [2.75, 3.05) is 0 Å². The Hall–Kier alpha value is -0.840. The standard InChI is InChI=1S/C10H12ClN3S/c1-6-3-4-8(15-6)9(12)10-7(11)5-13-14(10)2/h3-5,9H,12H2,1-2H3. The molecule has 2 rings (SSSR count). The van der Waals surface area contributed by atoms with Crippen molar-refractivity contribution in [2.45, 2.75) is 13.0 Å². The second-order valence-corrected chi connectivity index (χ2v) is 5.15. The summed E-state index contributed by atoms with van der Waals surface area (Å²) >= 11 is 7.72. The molecule has 2 heterocycles. The van der Waals surface area contributed by atoms with E-state index < -0.39 is 0 Å². The summed E-state index contributed by atoms with van der Waals surface area (Å²) in [7, 11) is 1.85. The quantitative estimate of drug-likeness (QED) is 0.878. The van der Waals surface area contributed by atoms with Crippen LogP contribution in [0.4, 0.5) is 0 Å². The smallest absolute Gasteiger partial charge is 0.0837 e. The fourth-order valence-electron chi connectivity index (χ4n) is 1.53. The molecule has 3 nitrogen and oxygen atoms in total. The molecule has 2 aromatic rings. The van der Waals surface area contributed by atoms with E-state index in [4.69, 9.17) is 17.3 Å². The van der Waals surface area contributed by atoms with Gasteiger partial charge in [-0.15, -0.1) is 11.3 Å². The number of thiophene rings is 1. The molecule has 0 aromatic carbocycles. The van der Waals surface area contributed by atoms with Gasteiger partial charge in [-0.25, -0.2) is 0 Å².